The molecule has 11 heteroatoms. The lowest BCUT2D eigenvalue weighted by molar-refractivity contribution is 0.282. The molecule has 1 aliphatic heterocycles. The summed E-state index contributed by atoms with van der Waals surface area (Å²) in [6, 6.07) is 12.3. The van der Waals surface area contributed by atoms with E-state index in [4.69, 9.17) is 4.98 Å². The van der Waals surface area contributed by atoms with Gasteiger partial charge in [0.15, 0.2) is 11.6 Å². The van der Waals surface area contributed by atoms with Gasteiger partial charge in [0, 0.05) is 35.5 Å². The first-order valence-corrected chi connectivity index (χ1v) is 14.8. The molecule has 0 spiro atoms. The molecule has 3 heterocycles. The summed E-state index contributed by atoms with van der Waals surface area (Å²) in [5, 5.41) is 6.51. The van der Waals surface area contributed by atoms with E-state index in [9.17, 15) is 8.60 Å². The molecule has 2 aromatic carbocycles. The average molecular weight is 569 g/mol. The van der Waals surface area contributed by atoms with Crippen LogP contribution < -0.4 is 15.4 Å². The van der Waals surface area contributed by atoms with Crippen LogP contribution in [0.1, 0.15) is 31.7 Å². The Bertz CT molecular complexity index is 1610. The molecular formula is C29H31F3N6OS. The summed E-state index contributed by atoms with van der Waals surface area (Å²) in [4.78, 5) is 14.0. The fraction of sp³-hybridized carbons (Fsp3) is 0.310. The lowest BCUT2D eigenvalue weighted by Gasteiger charge is -2.29. The number of hydrogen-bond acceptors (Lipinski definition) is 6. The first kappa shape index (κ1) is 27.9. The molecule has 7 nitrogen and oxygen atoms in total. The summed E-state index contributed by atoms with van der Waals surface area (Å²) in [7, 11) is -3.19. The van der Waals surface area contributed by atoms with Crippen molar-refractivity contribution in [3.8, 4) is 11.3 Å². The van der Waals surface area contributed by atoms with Gasteiger partial charge < -0.3 is 15.4 Å². The first-order valence-electron chi connectivity index (χ1n) is 13.0. The third-order valence-corrected chi connectivity index (χ3v) is 8.49. The molecule has 3 N–H and O–H groups in total. The van der Waals surface area contributed by atoms with Crippen molar-refractivity contribution in [3.05, 3.63) is 71.9 Å². The van der Waals surface area contributed by atoms with Gasteiger partial charge in [-0.05, 0) is 54.1 Å². The van der Waals surface area contributed by atoms with Gasteiger partial charge in [0.25, 0.3) is 0 Å². The largest absolute Gasteiger partial charge is 0.350 e. The number of rotatable bonds is 8. The van der Waals surface area contributed by atoms with Crippen molar-refractivity contribution in [1.82, 2.24) is 20.3 Å². The Hall–Kier alpha value is -3.70. The van der Waals surface area contributed by atoms with E-state index >= 15 is 8.78 Å². The Morgan fingerprint density at radius 2 is 1.82 bits per heavy atom. The molecule has 3 atom stereocenters. The fourth-order valence-corrected chi connectivity index (χ4v) is 6.07. The van der Waals surface area contributed by atoms with E-state index in [1.165, 1.54) is 0 Å². The highest BCUT2D eigenvalue weighted by molar-refractivity contribution is 8.01. The SMILES string of the molecule is C=S(=O)(Nc1c(F)cc(-c2cc(C(C)C)c3nc(N[C@@H]4CNC[C@H](CF)C4)ncc3n2)cc1F)c1ccccc1. The molecule has 0 amide bonds. The van der Waals surface area contributed by atoms with Crippen LogP contribution >= 0.6 is 0 Å². The Morgan fingerprint density at radius 1 is 1.10 bits per heavy atom. The zero-order chi connectivity index (χ0) is 28.4. The van der Waals surface area contributed by atoms with E-state index < -0.39 is 27.0 Å². The minimum atomic E-state index is -3.19. The van der Waals surface area contributed by atoms with E-state index in [0.717, 1.165) is 17.7 Å². The van der Waals surface area contributed by atoms with Crippen molar-refractivity contribution < 1.29 is 17.4 Å². The Kier molecular flexibility index (Phi) is 7.95. The zero-order valence-electron chi connectivity index (χ0n) is 22.3. The number of pyridine rings is 1. The van der Waals surface area contributed by atoms with Gasteiger partial charge in [-0.2, -0.15) is 0 Å². The zero-order valence-corrected chi connectivity index (χ0v) is 23.1. The Morgan fingerprint density at radius 3 is 2.50 bits per heavy atom. The fourth-order valence-electron chi connectivity index (χ4n) is 4.83. The van der Waals surface area contributed by atoms with Gasteiger partial charge in [-0.3, -0.25) is 4.39 Å². The second kappa shape index (κ2) is 11.4. The lowest BCUT2D eigenvalue weighted by atomic mass is 9.97. The van der Waals surface area contributed by atoms with Gasteiger partial charge in [-0.1, -0.05) is 32.0 Å². The first-order chi connectivity index (χ1) is 19.1. The number of halogens is 3. The molecule has 1 saturated heterocycles. The average Bonchev–Trinajstić information content (AvgIpc) is 2.94. The molecule has 1 fully saturated rings. The van der Waals surface area contributed by atoms with Crippen LogP contribution in [-0.2, 0) is 9.71 Å². The monoisotopic (exact) mass is 568 g/mol. The highest BCUT2D eigenvalue weighted by Crippen LogP contribution is 2.32. The van der Waals surface area contributed by atoms with E-state index in [-0.39, 0.29) is 30.1 Å². The normalized spacial score (nSPS) is 18.9. The number of anilines is 2. The predicted octanol–water partition coefficient (Wildman–Crippen LogP) is 5.56. The second-order valence-corrected chi connectivity index (χ2v) is 12.4. The number of nitrogens with zero attached hydrogens (tertiary/aromatic N) is 3. The van der Waals surface area contributed by atoms with Crippen molar-refractivity contribution in [1.29, 1.82) is 0 Å². The molecule has 4 aromatic rings. The molecule has 2 aromatic heterocycles. The third kappa shape index (κ3) is 5.90. The number of hydrogen-bond donors (Lipinski definition) is 3. The number of aromatic nitrogens is 3. The van der Waals surface area contributed by atoms with Crippen LogP contribution in [0.15, 0.2) is 59.6 Å². The third-order valence-electron chi connectivity index (χ3n) is 6.92. The van der Waals surface area contributed by atoms with Crippen LogP contribution in [0.4, 0.5) is 24.8 Å². The molecule has 0 saturated carbocycles. The summed E-state index contributed by atoms with van der Waals surface area (Å²) in [5.74, 6) is 2.20. The minimum Gasteiger partial charge on any atom is -0.350 e. The van der Waals surface area contributed by atoms with Gasteiger partial charge in [0.1, 0.15) is 11.2 Å². The maximum Gasteiger partial charge on any atom is 0.223 e. The van der Waals surface area contributed by atoms with Crippen LogP contribution in [-0.4, -0.2) is 50.8 Å². The standard InChI is InChI=1S/C29H31F3N6OS/c1-17(2)22-12-25(36-26-16-34-29(37-27(22)26)35-20-9-18(13-30)14-33-15-20)19-10-23(31)28(24(32)11-19)38-40(3,39)21-7-5-4-6-8-21/h4-8,10-12,16-18,20,33H,3,9,13-15H2,1-2H3,(H,38,39)(H,34,35,37)/t18-,20-,40?/m0/s1. The van der Waals surface area contributed by atoms with E-state index in [0.29, 0.717) is 47.1 Å². The van der Waals surface area contributed by atoms with Crippen molar-refractivity contribution in [2.45, 2.75) is 37.1 Å². The molecule has 0 radical (unpaired) electrons. The lowest BCUT2D eigenvalue weighted by Crippen LogP contribution is -2.44. The van der Waals surface area contributed by atoms with Crippen LogP contribution in [0, 0.1) is 17.6 Å². The molecule has 210 valence electrons. The van der Waals surface area contributed by atoms with Crippen LogP contribution in [0.2, 0.25) is 0 Å². The molecule has 1 unspecified atom stereocenters. The minimum absolute atomic E-state index is 0.00494. The maximum atomic E-state index is 15.2. The number of benzene rings is 2. The summed E-state index contributed by atoms with van der Waals surface area (Å²) in [6.45, 7) is 4.94. The molecular weight excluding hydrogens is 537 g/mol. The highest BCUT2D eigenvalue weighted by Gasteiger charge is 2.23. The van der Waals surface area contributed by atoms with Crippen LogP contribution in [0.5, 0.6) is 0 Å². The van der Waals surface area contributed by atoms with Gasteiger partial charge >= 0.3 is 0 Å². The van der Waals surface area contributed by atoms with Crippen molar-refractivity contribution in [2.24, 2.45) is 5.92 Å². The second-order valence-electron chi connectivity index (χ2n) is 10.3. The van der Waals surface area contributed by atoms with Gasteiger partial charge in [-0.25, -0.2) is 27.9 Å². The topological polar surface area (TPSA) is 91.8 Å². The highest BCUT2D eigenvalue weighted by atomic mass is 32.2. The van der Waals surface area contributed by atoms with Crippen molar-refractivity contribution in [2.75, 3.05) is 29.8 Å². The predicted molar refractivity (Wildman–Crippen MR) is 155 cm³/mol. The molecule has 40 heavy (non-hydrogen) atoms. The number of nitrogens with one attached hydrogen (secondary N) is 3. The van der Waals surface area contributed by atoms with Crippen LogP contribution in [0.3, 0.4) is 0 Å². The summed E-state index contributed by atoms with van der Waals surface area (Å²) in [5.41, 5.74) is 1.98. The summed E-state index contributed by atoms with van der Waals surface area (Å²) in [6.07, 6.45) is 2.25. The smallest absolute Gasteiger partial charge is 0.223 e. The molecule has 1 aliphatic rings. The molecule has 5 rings (SSSR count). The Balaban J connectivity index is 1.46. The summed E-state index contributed by atoms with van der Waals surface area (Å²) < 4.78 is 59.1. The maximum absolute atomic E-state index is 15.2. The Labute approximate surface area is 231 Å². The van der Waals surface area contributed by atoms with Gasteiger partial charge in [-0.15, -0.1) is 0 Å². The quantitative estimate of drug-likeness (QED) is 0.241. The van der Waals surface area contributed by atoms with Gasteiger partial charge in [0.05, 0.1) is 33.8 Å². The number of piperidine rings is 1. The number of fused-ring (bicyclic) bond motifs is 1. The summed E-state index contributed by atoms with van der Waals surface area (Å²) >= 11 is 0. The molecule has 0 aliphatic carbocycles. The van der Waals surface area contributed by atoms with Crippen molar-refractivity contribution in [3.63, 3.8) is 0 Å². The van der Waals surface area contributed by atoms with E-state index in [1.54, 1.807) is 42.6 Å². The molecule has 0 bridgehead atoms. The van der Waals surface area contributed by atoms with E-state index in [1.807, 2.05) is 13.8 Å². The van der Waals surface area contributed by atoms with Crippen LogP contribution in [0.25, 0.3) is 22.3 Å². The number of alkyl halides is 1. The van der Waals surface area contributed by atoms with Crippen molar-refractivity contribution >= 4 is 38.2 Å². The van der Waals surface area contributed by atoms with E-state index in [2.05, 4.69) is 31.2 Å². The van der Waals surface area contributed by atoms with Gasteiger partial charge in [0.2, 0.25) is 5.95 Å².